The summed E-state index contributed by atoms with van der Waals surface area (Å²) in [4.78, 5) is 16.2. The maximum absolute atomic E-state index is 12.2. The Labute approximate surface area is 140 Å². The van der Waals surface area contributed by atoms with Gasteiger partial charge in [-0.3, -0.25) is 9.78 Å². The molecule has 0 aliphatic rings. The van der Waals surface area contributed by atoms with Crippen molar-refractivity contribution < 1.29 is 14.3 Å². The molecule has 1 heterocycles. The van der Waals surface area contributed by atoms with Gasteiger partial charge < -0.3 is 14.8 Å². The van der Waals surface area contributed by atoms with Gasteiger partial charge in [-0.15, -0.1) is 0 Å². The van der Waals surface area contributed by atoms with E-state index in [1.807, 2.05) is 12.1 Å². The van der Waals surface area contributed by atoms with Crippen molar-refractivity contribution in [3.8, 4) is 17.6 Å². The van der Waals surface area contributed by atoms with Gasteiger partial charge in [0.1, 0.15) is 23.1 Å². The average Bonchev–Trinajstić information content (AvgIpc) is 2.64. The molecule has 2 aromatic rings. The van der Waals surface area contributed by atoms with Gasteiger partial charge in [0.2, 0.25) is 0 Å². The molecule has 0 saturated heterocycles. The molecule has 0 atom stereocenters. The molecule has 2 rings (SSSR count). The van der Waals surface area contributed by atoms with Crippen LogP contribution in [-0.2, 0) is 11.3 Å². The molecule has 122 valence electrons. The summed E-state index contributed by atoms with van der Waals surface area (Å²) in [6.07, 6.45) is 4.78. The number of hydrogen-bond acceptors (Lipinski definition) is 5. The van der Waals surface area contributed by atoms with Crippen molar-refractivity contribution >= 4 is 12.0 Å². The third-order valence-corrected chi connectivity index (χ3v) is 3.28. The average molecular weight is 323 g/mol. The lowest BCUT2D eigenvalue weighted by Crippen LogP contribution is -2.24. The molecule has 0 aliphatic heterocycles. The van der Waals surface area contributed by atoms with Gasteiger partial charge in [0, 0.05) is 24.5 Å². The highest BCUT2D eigenvalue weighted by Gasteiger charge is 2.11. The summed E-state index contributed by atoms with van der Waals surface area (Å²) >= 11 is 0. The molecule has 6 nitrogen and oxygen atoms in total. The Kier molecular flexibility index (Phi) is 5.92. The second-order valence-corrected chi connectivity index (χ2v) is 4.82. The smallest absolute Gasteiger partial charge is 0.262 e. The molecule has 24 heavy (non-hydrogen) atoms. The standard InChI is InChI=1S/C18H17N3O3/c1-23-16-5-6-17(24-2)14(9-16)8-15(10-19)18(22)21-12-13-4-3-7-20-11-13/h3-9,11H,12H2,1-2H3,(H,21,22). The third-order valence-electron chi connectivity index (χ3n) is 3.28. The lowest BCUT2D eigenvalue weighted by Gasteiger charge is -2.08. The van der Waals surface area contributed by atoms with Gasteiger partial charge in [-0.1, -0.05) is 6.07 Å². The van der Waals surface area contributed by atoms with Gasteiger partial charge in [0.15, 0.2) is 0 Å². The van der Waals surface area contributed by atoms with E-state index in [0.29, 0.717) is 23.6 Å². The van der Waals surface area contributed by atoms with Gasteiger partial charge in [-0.05, 0) is 35.9 Å². The van der Waals surface area contributed by atoms with Crippen LogP contribution in [0.4, 0.5) is 0 Å². The van der Waals surface area contributed by atoms with Crippen LogP contribution in [0, 0.1) is 11.3 Å². The van der Waals surface area contributed by atoms with Crippen molar-refractivity contribution in [1.29, 1.82) is 5.26 Å². The Morgan fingerprint density at radius 1 is 1.33 bits per heavy atom. The first kappa shape index (κ1) is 17.0. The summed E-state index contributed by atoms with van der Waals surface area (Å²) in [6, 6.07) is 10.7. The number of carbonyl (C=O) groups is 1. The number of amides is 1. The van der Waals surface area contributed by atoms with Gasteiger partial charge in [-0.2, -0.15) is 5.26 Å². The number of rotatable bonds is 6. The number of hydrogen-bond donors (Lipinski definition) is 1. The van der Waals surface area contributed by atoms with Crippen LogP contribution >= 0.6 is 0 Å². The molecule has 0 aliphatic carbocycles. The van der Waals surface area contributed by atoms with E-state index in [4.69, 9.17) is 9.47 Å². The Bertz CT molecular complexity index is 780. The maximum atomic E-state index is 12.2. The number of benzene rings is 1. The predicted molar refractivity (Wildman–Crippen MR) is 89.2 cm³/mol. The minimum atomic E-state index is -0.466. The summed E-state index contributed by atoms with van der Waals surface area (Å²) in [7, 11) is 3.06. The topological polar surface area (TPSA) is 84.2 Å². The maximum Gasteiger partial charge on any atom is 0.262 e. The summed E-state index contributed by atoms with van der Waals surface area (Å²) in [5, 5.41) is 12.0. The molecule has 0 saturated carbocycles. The van der Waals surface area contributed by atoms with Crippen molar-refractivity contribution in [3.63, 3.8) is 0 Å². The second-order valence-electron chi connectivity index (χ2n) is 4.82. The molecule has 0 bridgehead atoms. The molecule has 1 amide bonds. The van der Waals surface area contributed by atoms with Crippen molar-refractivity contribution in [2.24, 2.45) is 0 Å². The highest BCUT2D eigenvalue weighted by atomic mass is 16.5. The summed E-state index contributed by atoms with van der Waals surface area (Å²) < 4.78 is 10.4. The van der Waals surface area contributed by atoms with Crippen LogP contribution in [-0.4, -0.2) is 25.1 Å². The van der Waals surface area contributed by atoms with E-state index in [9.17, 15) is 10.1 Å². The minimum absolute atomic E-state index is 0.0227. The monoisotopic (exact) mass is 323 g/mol. The molecule has 0 spiro atoms. The fraction of sp³-hybridized carbons (Fsp3) is 0.167. The number of methoxy groups -OCH3 is 2. The van der Waals surface area contributed by atoms with E-state index in [2.05, 4.69) is 10.3 Å². The minimum Gasteiger partial charge on any atom is -0.497 e. The zero-order valence-corrected chi connectivity index (χ0v) is 13.4. The van der Waals surface area contributed by atoms with Crippen molar-refractivity contribution in [1.82, 2.24) is 10.3 Å². The van der Waals surface area contributed by atoms with Gasteiger partial charge in [-0.25, -0.2) is 0 Å². The molecule has 6 heteroatoms. The molecule has 1 aromatic carbocycles. The van der Waals surface area contributed by atoms with Crippen LogP contribution in [0.5, 0.6) is 11.5 Å². The van der Waals surface area contributed by atoms with Crippen LogP contribution < -0.4 is 14.8 Å². The summed E-state index contributed by atoms with van der Waals surface area (Å²) in [6.45, 7) is 0.293. The van der Waals surface area contributed by atoms with Crippen molar-refractivity contribution in [3.05, 3.63) is 59.4 Å². The molecule has 0 unspecified atom stereocenters. The Balaban J connectivity index is 2.19. The number of nitriles is 1. The Hall–Kier alpha value is -3.33. The largest absolute Gasteiger partial charge is 0.497 e. The van der Waals surface area contributed by atoms with E-state index >= 15 is 0 Å². The molecular weight excluding hydrogens is 306 g/mol. The van der Waals surface area contributed by atoms with E-state index in [1.54, 1.807) is 43.8 Å². The fourth-order valence-corrected chi connectivity index (χ4v) is 2.04. The molecule has 1 aromatic heterocycles. The lowest BCUT2D eigenvalue weighted by molar-refractivity contribution is -0.117. The van der Waals surface area contributed by atoms with Gasteiger partial charge in [0.25, 0.3) is 5.91 Å². The third kappa shape index (κ3) is 4.34. The van der Waals surface area contributed by atoms with Gasteiger partial charge >= 0.3 is 0 Å². The van der Waals surface area contributed by atoms with E-state index in [-0.39, 0.29) is 5.57 Å². The highest BCUT2D eigenvalue weighted by Crippen LogP contribution is 2.26. The highest BCUT2D eigenvalue weighted by molar-refractivity contribution is 6.02. The van der Waals surface area contributed by atoms with Crippen LogP contribution in [0.1, 0.15) is 11.1 Å². The van der Waals surface area contributed by atoms with E-state index in [0.717, 1.165) is 5.56 Å². The zero-order valence-electron chi connectivity index (χ0n) is 13.4. The van der Waals surface area contributed by atoms with Crippen LogP contribution in [0.3, 0.4) is 0 Å². The molecular formula is C18H17N3O3. The first-order valence-corrected chi connectivity index (χ1v) is 7.19. The zero-order chi connectivity index (χ0) is 17.4. The number of aromatic nitrogens is 1. The summed E-state index contributed by atoms with van der Waals surface area (Å²) in [5.74, 6) is 0.685. The van der Waals surface area contributed by atoms with Crippen molar-refractivity contribution in [2.75, 3.05) is 14.2 Å². The SMILES string of the molecule is COc1ccc(OC)c(C=C(C#N)C(=O)NCc2cccnc2)c1. The number of ether oxygens (including phenoxy) is 2. The summed E-state index contributed by atoms with van der Waals surface area (Å²) in [5.41, 5.74) is 1.41. The first-order chi connectivity index (χ1) is 11.7. The quantitative estimate of drug-likeness (QED) is 0.651. The normalized spacial score (nSPS) is 10.6. The second kappa shape index (κ2) is 8.34. The van der Waals surface area contributed by atoms with Crippen LogP contribution in [0.25, 0.3) is 6.08 Å². The molecule has 1 N–H and O–H groups in total. The molecule has 0 radical (unpaired) electrons. The fourth-order valence-electron chi connectivity index (χ4n) is 2.04. The number of nitrogens with one attached hydrogen (secondary N) is 1. The van der Waals surface area contributed by atoms with E-state index in [1.165, 1.54) is 13.2 Å². The van der Waals surface area contributed by atoms with E-state index < -0.39 is 5.91 Å². The number of carbonyl (C=O) groups excluding carboxylic acids is 1. The van der Waals surface area contributed by atoms with Gasteiger partial charge in [0.05, 0.1) is 14.2 Å². The Morgan fingerprint density at radius 3 is 2.79 bits per heavy atom. The van der Waals surface area contributed by atoms with Crippen molar-refractivity contribution in [2.45, 2.75) is 6.54 Å². The van der Waals surface area contributed by atoms with Crippen LogP contribution in [0.15, 0.2) is 48.3 Å². The number of pyridine rings is 1. The predicted octanol–water partition coefficient (Wildman–Crippen LogP) is 2.32. The van der Waals surface area contributed by atoms with Crippen LogP contribution in [0.2, 0.25) is 0 Å². The Morgan fingerprint density at radius 2 is 2.17 bits per heavy atom. The first-order valence-electron chi connectivity index (χ1n) is 7.19. The molecule has 0 fully saturated rings. The number of nitrogens with zero attached hydrogens (tertiary/aromatic N) is 2. The lowest BCUT2D eigenvalue weighted by atomic mass is 10.1.